The number of carbonyl (C=O) groups is 1. The number of carboxylic acids is 1. The predicted octanol–water partition coefficient (Wildman–Crippen LogP) is 3.33. The Kier molecular flexibility index (Phi) is 5.46. The normalized spacial score (nSPS) is 10.3. The van der Waals surface area contributed by atoms with Crippen LogP contribution in [0, 0.1) is 0 Å². The van der Waals surface area contributed by atoms with Gasteiger partial charge in [-0.3, -0.25) is 0 Å². The summed E-state index contributed by atoms with van der Waals surface area (Å²) in [5.41, 5.74) is 0. The van der Waals surface area contributed by atoms with Crippen LogP contribution >= 0.6 is 0 Å². The summed E-state index contributed by atoms with van der Waals surface area (Å²) in [6, 6.07) is 2.93. The summed E-state index contributed by atoms with van der Waals surface area (Å²) in [5.74, 6) is -0.869. The third-order valence-electron chi connectivity index (χ3n) is 2.28. The lowest BCUT2D eigenvalue weighted by atomic mass is 10.2. The number of aromatic carboxylic acids is 1. The molecule has 0 aromatic carbocycles. The van der Waals surface area contributed by atoms with Gasteiger partial charge < -0.3 is 14.3 Å². The zero-order valence-corrected chi connectivity index (χ0v) is 9.57. The topological polar surface area (TPSA) is 59.7 Å². The first-order valence-corrected chi connectivity index (χ1v) is 5.70. The summed E-state index contributed by atoms with van der Waals surface area (Å²) in [5, 5.41) is 8.62. The average molecular weight is 226 g/mol. The first-order valence-electron chi connectivity index (χ1n) is 5.70. The Morgan fingerprint density at radius 3 is 2.69 bits per heavy atom. The highest BCUT2D eigenvalue weighted by molar-refractivity contribution is 5.84. The largest absolute Gasteiger partial charge is 0.475 e. The minimum Gasteiger partial charge on any atom is -0.475 e. The van der Waals surface area contributed by atoms with Crippen molar-refractivity contribution in [2.24, 2.45) is 0 Å². The van der Waals surface area contributed by atoms with Gasteiger partial charge in [-0.2, -0.15) is 0 Å². The van der Waals surface area contributed by atoms with E-state index in [0.29, 0.717) is 6.61 Å². The van der Waals surface area contributed by atoms with Gasteiger partial charge in [0.15, 0.2) is 0 Å². The molecule has 0 amide bonds. The Labute approximate surface area is 95.2 Å². The second kappa shape index (κ2) is 6.93. The third kappa shape index (κ3) is 4.38. The minimum absolute atomic E-state index is 0.0824. The SMILES string of the molecule is CCCCCCCOc1ccc(C(=O)O)o1. The van der Waals surface area contributed by atoms with Gasteiger partial charge >= 0.3 is 5.97 Å². The highest BCUT2D eigenvalue weighted by Gasteiger charge is 2.08. The number of ether oxygens (including phenoxy) is 1. The summed E-state index contributed by atoms with van der Waals surface area (Å²) >= 11 is 0. The molecule has 0 aliphatic rings. The number of hydrogen-bond acceptors (Lipinski definition) is 3. The molecule has 1 aromatic heterocycles. The fourth-order valence-electron chi connectivity index (χ4n) is 1.39. The molecule has 0 unspecified atom stereocenters. The van der Waals surface area contributed by atoms with Crippen molar-refractivity contribution >= 4 is 5.97 Å². The first kappa shape index (κ1) is 12.6. The fourth-order valence-corrected chi connectivity index (χ4v) is 1.39. The number of unbranched alkanes of at least 4 members (excludes halogenated alkanes) is 4. The van der Waals surface area contributed by atoms with Gasteiger partial charge in [0.1, 0.15) is 0 Å². The molecule has 0 aliphatic heterocycles. The van der Waals surface area contributed by atoms with Gasteiger partial charge in [-0.15, -0.1) is 0 Å². The molecule has 0 fully saturated rings. The van der Waals surface area contributed by atoms with E-state index in [2.05, 4.69) is 6.92 Å². The minimum atomic E-state index is -1.07. The van der Waals surface area contributed by atoms with Crippen molar-refractivity contribution in [1.82, 2.24) is 0 Å². The Morgan fingerprint density at radius 2 is 2.06 bits per heavy atom. The van der Waals surface area contributed by atoms with Crippen LogP contribution in [-0.4, -0.2) is 17.7 Å². The van der Waals surface area contributed by atoms with Gasteiger partial charge in [0.05, 0.1) is 6.61 Å². The molecule has 1 heterocycles. The van der Waals surface area contributed by atoms with E-state index < -0.39 is 5.97 Å². The molecule has 0 spiro atoms. The molecule has 0 saturated heterocycles. The first-order chi connectivity index (χ1) is 7.74. The number of furan rings is 1. The van der Waals surface area contributed by atoms with Gasteiger partial charge in [0, 0.05) is 6.07 Å². The Morgan fingerprint density at radius 1 is 1.31 bits per heavy atom. The third-order valence-corrected chi connectivity index (χ3v) is 2.28. The van der Waals surface area contributed by atoms with Crippen LogP contribution in [0.1, 0.15) is 49.6 Å². The summed E-state index contributed by atoms with van der Waals surface area (Å²) in [7, 11) is 0. The standard InChI is InChI=1S/C12H18O4/c1-2-3-4-5-6-9-15-11-8-7-10(16-11)12(13)14/h7-8H,2-6,9H2,1H3,(H,13,14). The van der Waals surface area contributed by atoms with Crippen molar-refractivity contribution in [3.05, 3.63) is 17.9 Å². The number of rotatable bonds is 8. The fraction of sp³-hybridized carbons (Fsp3) is 0.583. The molecule has 1 rings (SSSR count). The Hall–Kier alpha value is -1.45. The molecule has 0 saturated carbocycles. The van der Waals surface area contributed by atoms with Crippen LogP contribution in [0.5, 0.6) is 5.95 Å². The highest BCUT2D eigenvalue weighted by Crippen LogP contribution is 2.16. The molecule has 16 heavy (non-hydrogen) atoms. The van der Waals surface area contributed by atoms with Crippen LogP contribution in [0.2, 0.25) is 0 Å². The van der Waals surface area contributed by atoms with E-state index in [-0.39, 0.29) is 11.7 Å². The maximum Gasteiger partial charge on any atom is 0.371 e. The molecular weight excluding hydrogens is 208 g/mol. The molecule has 4 nitrogen and oxygen atoms in total. The van der Waals surface area contributed by atoms with Crippen LogP contribution in [0.15, 0.2) is 16.5 Å². The molecule has 0 aliphatic carbocycles. The quantitative estimate of drug-likeness (QED) is 0.691. The van der Waals surface area contributed by atoms with E-state index in [1.165, 1.54) is 31.4 Å². The smallest absolute Gasteiger partial charge is 0.371 e. The highest BCUT2D eigenvalue weighted by atomic mass is 16.6. The van der Waals surface area contributed by atoms with Crippen molar-refractivity contribution in [3.63, 3.8) is 0 Å². The van der Waals surface area contributed by atoms with Gasteiger partial charge in [-0.25, -0.2) is 4.79 Å². The van der Waals surface area contributed by atoms with E-state index >= 15 is 0 Å². The second-order valence-electron chi connectivity index (χ2n) is 3.69. The van der Waals surface area contributed by atoms with Crippen LogP contribution in [-0.2, 0) is 0 Å². The van der Waals surface area contributed by atoms with Gasteiger partial charge in [-0.05, 0) is 12.5 Å². The lowest BCUT2D eigenvalue weighted by Gasteiger charge is -2.01. The van der Waals surface area contributed by atoms with E-state index in [0.717, 1.165) is 12.8 Å². The number of hydrogen-bond donors (Lipinski definition) is 1. The zero-order chi connectivity index (χ0) is 11.8. The predicted molar refractivity (Wildman–Crippen MR) is 59.9 cm³/mol. The van der Waals surface area contributed by atoms with Crippen molar-refractivity contribution in [2.45, 2.75) is 39.0 Å². The summed E-state index contributed by atoms with van der Waals surface area (Å²) in [6.45, 7) is 2.75. The maximum absolute atomic E-state index is 10.5. The molecule has 0 radical (unpaired) electrons. The van der Waals surface area contributed by atoms with E-state index in [9.17, 15) is 4.79 Å². The molecule has 0 atom stereocenters. The van der Waals surface area contributed by atoms with Gasteiger partial charge in [-0.1, -0.05) is 32.6 Å². The van der Waals surface area contributed by atoms with Crippen molar-refractivity contribution in [1.29, 1.82) is 0 Å². The van der Waals surface area contributed by atoms with E-state index in [1.807, 2.05) is 0 Å². The summed E-state index contributed by atoms with van der Waals surface area (Å²) < 4.78 is 10.2. The molecule has 4 heteroatoms. The lowest BCUT2D eigenvalue weighted by Crippen LogP contribution is -1.96. The van der Waals surface area contributed by atoms with Crippen LogP contribution in [0.25, 0.3) is 0 Å². The van der Waals surface area contributed by atoms with Crippen molar-refractivity contribution in [3.8, 4) is 5.95 Å². The number of carboxylic acid groups (broad SMARTS) is 1. The lowest BCUT2D eigenvalue weighted by molar-refractivity contribution is 0.0653. The molecular formula is C12H18O4. The monoisotopic (exact) mass is 226 g/mol. The van der Waals surface area contributed by atoms with Crippen molar-refractivity contribution in [2.75, 3.05) is 6.61 Å². The van der Waals surface area contributed by atoms with E-state index in [1.54, 1.807) is 0 Å². The maximum atomic E-state index is 10.5. The van der Waals surface area contributed by atoms with Crippen LogP contribution in [0.3, 0.4) is 0 Å². The van der Waals surface area contributed by atoms with Crippen molar-refractivity contribution < 1.29 is 19.1 Å². The zero-order valence-electron chi connectivity index (χ0n) is 9.57. The Bertz CT molecular complexity index is 317. The molecule has 1 aromatic rings. The summed E-state index contributed by atoms with van der Waals surface area (Å²) in [6.07, 6.45) is 5.81. The van der Waals surface area contributed by atoms with Crippen LogP contribution in [0.4, 0.5) is 0 Å². The molecule has 0 bridgehead atoms. The molecule has 90 valence electrons. The van der Waals surface area contributed by atoms with E-state index in [4.69, 9.17) is 14.3 Å². The second-order valence-corrected chi connectivity index (χ2v) is 3.69. The van der Waals surface area contributed by atoms with Crippen LogP contribution < -0.4 is 4.74 Å². The molecule has 1 N–H and O–H groups in total. The van der Waals surface area contributed by atoms with Gasteiger partial charge in [0.2, 0.25) is 5.76 Å². The Balaban J connectivity index is 2.14. The average Bonchev–Trinajstić information content (AvgIpc) is 2.72. The van der Waals surface area contributed by atoms with Gasteiger partial charge in [0.25, 0.3) is 5.95 Å². The summed E-state index contributed by atoms with van der Waals surface area (Å²) in [4.78, 5) is 10.5.